The summed E-state index contributed by atoms with van der Waals surface area (Å²) in [5, 5.41) is 7.08. The molecule has 28 heavy (non-hydrogen) atoms. The molecule has 1 N–H and O–H groups in total. The zero-order valence-electron chi connectivity index (χ0n) is 16.4. The fourth-order valence-corrected chi connectivity index (χ4v) is 2.92. The summed E-state index contributed by atoms with van der Waals surface area (Å²) >= 11 is 0. The van der Waals surface area contributed by atoms with E-state index in [1.807, 2.05) is 31.2 Å². The highest BCUT2D eigenvalue weighted by Crippen LogP contribution is 2.20. The second-order valence-electron chi connectivity index (χ2n) is 6.68. The number of hydrogen-bond acceptors (Lipinski definition) is 5. The van der Waals surface area contributed by atoms with Crippen LogP contribution in [0.3, 0.4) is 0 Å². The van der Waals surface area contributed by atoms with Crippen LogP contribution in [0.4, 0.5) is 0 Å². The number of hydrogen-bond donors (Lipinski definition) is 1. The molecule has 1 amide bonds. The van der Waals surface area contributed by atoms with E-state index >= 15 is 0 Å². The molecule has 0 spiro atoms. The fourth-order valence-electron chi connectivity index (χ4n) is 2.92. The van der Waals surface area contributed by atoms with Gasteiger partial charge in [-0.2, -0.15) is 4.98 Å². The highest BCUT2D eigenvalue weighted by molar-refractivity contribution is 5.76. The Hall–Kier alpha value is -3.15. The molecule has 1 unspecified atom stereocenters. The van der Waals surface area contributed by atoms with Gasteiger partial charge in [-0.3, -0.25) is 4.79 Å². The van der Waals surface area contributed by atoms with Gasteiger partial charge in [-0.15, -0.1) is 0 Å². The third-order valence-corrected chi connectivity index (χ3v) is 4.61. The predicted molar refractivity (Wildman–Crippen MR) is 107 cm³/mol. The van der Waals surface area contributed by atoms with E-state index in [2.05, 4.69) is 46.6 Å². The molecule has 2 aromatic carbocycles. The summed E-state index contributed by atoms with van der Waals surface area (Å²) in [6.07, 6.45) is 1.53. The van der Waals surface area contributed by atoms with Gasteiger partial charge in [-0.25, -0.2) is 0 Å². The molecule has 1 aromatic heterocycles. The monoisotopic (exact) mass is 379 g/mol. The minimum Gasteiger partial charge on any atom is -0.497 e. The van der Waals surface area contributed by atoms with Crippen molar-refractivity contribution in [2.24, 2.45) is 0 Å². The van der Waals surface area contributed by atoms with E-state index in [1.165, 1.54) is 5.56 Å². The van der Waals surface area contributed by atoms with Gasteiger partial charge in [0, 0.05) is 18.4 Å². The van der Waals surface area contributed by atoms with Gasteiger partial charge in [0.05, 0.1) is 13.2 Å². The van der Waals surface area contributed by atoms with Crippen LogP contribution in [0.2, 0.25) is 0 Å². The lowest BCUT2D eigenvalue weighted by Crippen LogP contribution is -2.28. The SMILES string of the molecule is CCC(NC(=O)CCc1nc(-c2ccc(OC)cc2)no1)c1ccc(C)cc1. The molecule has 0 saturated heterocycles. The Balaban J connectivity index is 1.55. The number of aromatic nitrogens is 2. The van der Waals surface area contributed by atoms with Crippen LogP contribution in [0, 0.1) is 6.92 Å². The van der Waals surface area contributed by atoms with Crippen molar-refractivity contribution in [3.05, 3.63) is 65.5 Å². The Labute approximate surface area is 164 Å². The topological polar surface area (TPSA) is 77.2 Å². The molecule has 0 aliphatic carbocycles. The van der Waals surface area contributed by atoms with Crippen LogP contribution >= 0.6 is 0 Å². The second-order valence-corrected chi connectivity index (χ2v) is 6.68. The molecule has 1 atom stereocenters. The first-order valence-electron chi connectivity index (χ1n) is 9.42. The van der Waals surface area contributed by atoms with Crippen molar-refractivity contribution >= 4 is 5.91 Å². The number of methoxy groups -OCH3 is 1. The van der Waals surface area contributed by atoms with Crippen LogP contribution in [-0.2, 0) is 11.2 Å². The minimum absolute atomic E-state index is 0.00523. The minimum atomic E-state index is -0.0309. The molecule has 3 rings (SSSR count). The lowest BCUT2D eigenvalue weighted by Gasteiger charge is -2.17. The predicted octanol–water partition coefficient (Wildman–Crippen LogP) is 4.25. The Bertz CT molecular complexity index is 902. The number of nitrogens with one attached hydrogen (secondary N) is 1. The summed E-state index contributed by atoms with van der Waals surface area (Å²) in [6.45, 7) is 4.11. The third kappa shape index (κ3) is 4.97. The van der Waals surface area contributed by atoms with Gasteiger partial charge >= 0.3 is 0 Å². The molecule has 0 aliphatic heterocycles. The number of ether oxygens (including phenoxy) is 1. The van der Waals surface area contributed by atoms with E-state index in [4.69, 9.17) is 9.26 Å². The number of aryl methyl sites for hydroxylation is 2. The normalized spacial score (nSPS) is 11.8. The molecule has 0 fully saturated rings. The van der Waals surface area contributed by atoms with E-state index < -0.39 is 0 Å². The van der Waals surface area contributed by atoms with Crippen molar-refractivity contribution in [3.8, 4) is 17.1 Å². The summed E-state index contributed by atoms with van der Waals surface area (Å²) in [5.41, 5.74) is 3.15. The summed E-state index contributed by atoms with van der Waals surface area (Å²) in [6, 6.07) is 15.7. The molecule has 0 bridgehead atoms. The van der Waals surface area contributed by atoms with Crippen molar-refractivity contribution < 1.29 is 14.1 Å². The number of benzene rings is 2. The van der Waals surface area contributed by atoms with E-state index in [-0.39, 0.29) is 11.9 Å². The van der Waals surface area contributed by atoms with Gasteiger partial charge in [0.2, 0.25) is 17.6 Å². The van der Waals surface area contributed by atoms with Gasteiger partial charge in [-0.1, -0.05) is 41.9 Å². The molecule has 6 heteroatoms. The van der Waals surface area contributed by atoms with Crippen molar-refractivity contribution in [1.82, 2.24) is 15.5 Å². The van der Waals surface area contributed by atoms with Gasteiger partial charge < -0.3 is 14.6 Å². The first-order valence-corrected chi connectivity index (χ1v) is 9.42. The molecule has 3 aromatic rings. The van der Waals surface area contributed by atoms with Crippen molar-refractivity contribution in [2.75, 3.05) is 7.11 Å². The van der Waals surface area contributed by atoms with E-state index in [0.717, 1.165) is 23.3 Å². The summed E-state index contributed by atoms with van der Waals surface area (Å²) in [7, 11) is 1.62. The Morgan fingerprint density at radius 2 is 1.86 bits per heavy atom. The van der Waals surface area contributed by atoms with Gasteiger partial charge in [0.1, 0.15) is 5.75 Å². The first kappa shape index (κ1) is 19.6. The van der Waals surface area contributed by atoms with Gasteiger partial charge in [0.15, 0.2) is 0 Å². The third-order valence-electron chi connectivity index (χ3n) is 4.61. The maximum Gasteiger partial charge on any atom is 0.227 e. The lowest BCUT2D eigenvalue weighted by molar-refractivity contribution is -0.121. The average Bonchev–Trinajstić information content (AvgIpc) is 3.20. The number of amides is 1. The van der Waals surface area contributed by atoms with Crippen LogP contribution in [-0.4, -0.2) is 23.2 Å². The first-order chi connectivity index (χ1) is 13.6. The summed E-state index contributed by atoms with van der Waals surface area (Å²) in [5.74, 6) is 1.69. The van der Waals surface area contributed by atoms with E-state index in [1.54, 1.807) is 7.11 Å². The van der Waals surface area contributed by atoms with Crippen LogP contribution in [0.15, 0.2) is 53.1 Å². The fraction of sp³-hybridized carbons (Fsp3) is 0.318. The molecule has 0 aliphatic rings. The number of carbonyl (C=O) groups excluding carboxylic acids is 1. The van der Waals surface area contributed by atoms with Crippen LogP contribution < -0.4 is 10.1 Å². The number of nitrogens with zero attached hydrogens (tertiary/aromatic N) is 2. The van der Waals surface area contributed by atoms with Gasteiger partial charge in [0.25, 0.3) is 0 Å². The molecule has 6 nitrogen and oxygen atoms in total. The highest BCUT2D eigenvalue weighted by Gasteiger charge is 2.15. The molecule has 1 heterocycles. The maximum absolute atomic E-state index is 12.4. The second kappa shape index (κ2) is 9.17. The van der Waals surface area contributed by atoms with Crippen LogP contribution in [0.1, 0.15) is 42.8 Å². The molecule has 0 radical (unpaired) electrons. The largest absolute Gasteiger partial charge is 0.497 e. The Morgan fingerprint density at radius 3 is 2.50 bits per heavy atom. The van der Waals surface area contributed by atoms with Crippen molar-refractivity contribution in [1.29, 1.82) is 0 Å². The van der Waals surface area contributed by atoms with Crippen molar-refractivity contribution in [3.63, 3.8) is 0 Å². The summed E-state index contributed by atoms with van der Waals surface area (Å²) < 4.78 is 10.4. The Morgan fingerprint density at radius 1 is 1.14 bits per heavy atom. The van der Waals surface area contributed by atoms with E-state index in [9.17, 15) is 4.79 Å². The van der Waals surface area contributed by atoms with E-state index in [0.29, 0.717) is 24.6 Å². The lowest BCUT2D eigenvalue weighted by atomic mass is 10.0. The quantitative estimate of drug-likeness (QED) is 0.633. The number of carbonyl (C=O) groups is 1. The average molecular weight is 379 g/mol. The molecule has 146 valence electrons. The van der Waals surface area contributed by atoms with Crippen molar-refractivity contribution in [2.45, 2.75) is 39.2 Å². The van der Waals surface area contributed by atoms with Crippen LogP contribution in [0.25, 0.3) is 11.4 Å². The Kier molecular flexibility index (Phi) is 6.42. The zero-order chi connectivity index (χ0) is 19.9. The molecule has 0 saturated carbocycles. The maximum atomic E-state index is 12.4. The standard InChI is InChI=1S/C22H25N3O3/c1-4-19(16-7-5-15(2)6-8-16)23-20(26)13-14-21-24-22(25-28-21)17-9-11-18(27-3)12-10-17/h5-12,19H,4,13-14H2,1-3H3,(H,23,26). The molecular weight excluding hydrogens is 354 g/mol. The number of rotatable bonds is 8. The van der Waals surface area contributed by atoms with Gasteiger partial charge in [-0.05, 0) is 43.2 Å². The highest BCUT2D eigenvalue weighted by atomic mass is 16.5. The van der Waals surface area contributed by atoms with Crippen LogP contribution in [0.5, 0.6) is 5.75 Å². The zero-order valence-corrected chi connectivity index (χ0v) is 16.4. The summed E-state index contributed by atoms with van der Waals surface area (Å²) in [4.78, 5) is 16.7. The molecular formula is C22H25N3O3. The smallest absolute Gasteiger partial charge is 0.227 e.